The standard InChI is InChI=1S/C8H10ClF3N4O/c9-5-6(14-4-15-7(5)17)16(2-1-13)3-8(10,11)12/h4H,1-3,13H2,(H,14,15,17). The summed E-state index contributed by atoms with van der Waals surface area (Å²) in [6.45, 7) is -1.38. The second-order valence-electron chi connectivity index (χ2n) is 3.19. The zero-order valence-corrected chi connectivity index (χ0v) is 9.35. The maximum atomic E-state index is 12.3. The minimum Gasteiger partial charge on any atom is -0.345 e. The molecular weight excluding hydrogens is 261 g/mol. The number of nitrogens with one attached hydrogen (secondary N) is 1. The topological polar surface area (TPSA) is 75.0 Å². The van der Waals surface area contributed by atoms with E-state index in [2.05, 4.69) is 9.97 Å². The predicted molar refractivity (Wildman–Crippen MR) is 57.2 cm³/mol. The van der Waals surface area contributed by atoms with Gasteiger partial charge < -0.3 is 15.6 Å². The maximum absolute atomic E-state index is 12.3. The van der Waals surface area contributed by atoms with Crippen LogP contribution in [0.2, 0.25) is 5.02 Å². The fraction of sp³-hybridized carbons (Fsp3) is 0.500. The van der Waals surface area contributed by atoms with Crippen LogP contribution in [0.1, 0.15) is 0 Å². The lowest BCUT2D eigenvalue weighted by Gasteiger charge is -2.24. The third-order valence-corrected chi connectivity index (χ3v) is 2.19. The summed E-state index contributed by atoms with van der Waals surface area (Å²) in [5.41, 5.74) is 4.51. The minimum atomic E-state index is -4.43. The number of H-pyrrole nitrogens is 1. The van der Waals surface area contributed by atoms with Crippen molar-refractivity contribution in [3.05, 3.63) is 21.7 Å². The van der Waals surface area contributed by atoms with E-state index in [4.69, 9.17) is 17.3 Å². The van der Waals surface area contributed by atoms with Gasteiger partial charge in [0.25, 0.3) is 5.56 Å². The monoisotopic (exact) mass is 270 g/mol. The summed E-state index contributed by atoms with van der Waals surface area (Å²) in [6.07, 6.45) is -3.44. The number of hydrogen-bond acceptors (Lipinski definition) is 4. The largest absolute Gasteiger partial charge is 0.405 e. The van der Waals surface area contributed by atoms with Gasteiger partial charge in [0.15, 0.2) is 5.82 Å². The molecule has 0 unspecified atom stereocenters. The van der Waals surface area contributed by atoms with Crippen LogP contribution < -0.4 is 16.2 Å². The summed E-state index contributed by atoms with van der Waals surface area (Å²) in [5.74, 6) is -0.224. The number of alkyl halides is 3. The number of aromatic amines is 1. The number of nitrogens with two attached hydrogens (primary N) is 1. The van der Waals surface area contributed by atoms with Gasteiger partial charge in [0.05, 0.1) is 6.33 Å². The second kappa shape index (κ2) is 5.37. The molecular formula is C8H10ClF3N4O. The van der Waals surface area contributed by atoms with E-state index in [9.17, 15) is 18.0 Å². The van der Waals surface area contributed by atoms with Crippen molar-refractivity contribution < 1.29 is 13.2 Å². The average molecular weight is 271 g/mol. The molecule has 0 aliphatic carbocycles. The van der Waals surface area contributed by atoms with E-state index < -0.39 is 18.3 Å². The lowest BCUT2D eigenvalue weighted by atomic mass is 10.4. The molecule has 0 atom stereocenters. The van der Waals surface area contributed by atoms with E-state index in [0.29, 0.717) is 0 Å². The predicted octanol–water partition coefficient (Wildman–Crippen LogP) is 0.751. The smallest absolute Gasteiger partial charge is 0.345 e. The van der Waals surface area contributed by atoms with Crippen molar-refractivity contribution in [1.29, 1.82) is 0 Å². The van der Waals surface area contributed by atoms with Gasteiger partial charge in [0.2, 0.25) is 0 Å². The van der Waals surface area contributed by atoms with E-state index in [0.717, 1.165) is 11.2 Å². The third-order valence-electron chi connectivity index (χ3n) is 1.85. The van der Waals surface area contributed by atoms with Crippen molar-refractivity contribution in [2.24, 2.45) is 5.73 Å². The average Bonchev–Trinajstić information content (AvgIpc) is 2.19. The van der Waals surface area contributed by atoms with Gasteiger partial charge in [-0.25, -0.2) is 4.98 Å². The van der Waals surface area contributed by atoms with Gasteiger partial charge in [-0.3, -0.25) is 4.79 Å². The molecule has 1 aromatic rings. The number of rotatable bonds is 4. The van der Waals surface area contributed by atoms with Gasteiger partial charge in [-0.2, -0.15) is 13.2 Å². The summed E-state index contributed by atoms with van der Waals surface area (Å²) < 4.78 is 36.9. The molecule has 3 N–H and O–H groups in total. The molecule has 17 heavy (non-hydrogen) atoms. The molecule has 0 saturated heterocycles. The van der Waals surface area contributed by atoms with E-state index in [1.165, 1.54) is 0 Å². The first-order valence-corrected chi connectivity index (χ1v) is 4.98. The summed E-state index contributed by atoms with van der Waals surface area (Å²) in [5, 5.41) is -0.384. The van der Waals surface area contributed by atoms with Gasteiger partial charge in [-0.15, -0.1) is 0 Å². The molecule has 0 saturated carbocycles. The number of anilines is 1. The second-order valence-corrected chi connectivity index (χ2v) is 3.57. The quantitative estimate of drug-likeness (QED) is 0.847. The molecule has 5 nitrogen and oxygen atoms in total. The fourth-order valence-corrected chi connectivity index (χ4v) is 1.45. The molecule has 0 aromatic carbocycles. The highest BCUT2D eigenvalue weighted by Gasteiger charge is 2.32. The normalized spacial score (nSPS) is 11.6. The minimum absolute atomic E-state index is 0.0130. The number of aromatic nitrogens is 2. The van der Waals surface area contributed by atoms with E-state index in [1.54, 1.807) is 0 Å². The van der Waals surface area contributed by atoms with Crippen LogP contribution >= 0.6 is 11.6 Å². The maximum Gasteiger partial charge on any atom is 0.405 e. The molecule has 9 heteroatoms. The number of hydrogen-bond donors (Lipinski definition) is 2. The van der Waals surface area contributed by atoms with Gasteiger partial charge in [-0.05, 0) is 0 Å². The van der Waals surface area contributed by atoms with Crippen molar-refractivity contribution in [3.63, 3.8) is 0 Å². The molecule has 0 bridgehead atoms. The highest BCUT2D eigenvalue weighted by molar-refractivity contribution is 6.32. The van der Waals surface area contributed by atoms with Crippen LogP contribution in [0.4, 0.5) is 19.0 Å². The highest BCUT2D eigenvalue weighted by Crippen LogP contribution is 2.23. The molecule has 0 radical (unpaired) electrons. The van der Waals surface area contributed by atoms with Crippen molar-refractivity contribution >= 4 is 17.4 Å². The van der Waals surface area contributed by atoms with Crippen LogP contribution in [0, 0.1) is 0 Å². The molecule has 1 rings (SSSR count). The Morgan fingerprint density at radius 3 is 2.71 bits per heavy atom. The summed E-state index contributed by atoms with van der Waals surface area (Å²) in [6, 6.07) is 0. The number of halogens is 4. The van der Waals surface area contributed by atoms with Crippen molar-refractivity contribution in [2.45, 2.75) is 6.18 Å². The van der Waals surface area contributed by atoms with Crippen molar-refractivity contribution in [1.82, 2.24) is 9.97 Å². The van der Waals surface area contributed by atoms with Crippen molar-refractivity contribution in [2.75, 3.05) is 24.5 Å². The lowest BCUT2D eigenvalue weighted by Crippen LogP contribution is -2.39. The van der Waals surface area contributed by atoms with Crippen LogP contribution in [0.25, 0.3) is 0 Å². The molecule has 1 heterocycles. The zero-order chi connectivity index (χ0) is 13.1. The van der Waals surface area contributed by atoms with Crippen molar-refractivity contribution in [3.8, 4) is 0 Å². The van der Waals surface area contributed by atoms with Gasteiger partial charge in [0, 0.05) is 13.1 Å². The first kappa shape index (κ1) is 13.8. The Balaban J connectivity index is 3.05. The van der Waals surface area contributed by atoms with Crippen LogP contribution in [0.15, 0.2) is 11.1 Å². The fourth-order valence-electron chi connectivity index (χ4n) is 1.23. The van der Waals surface area contributed by atoms with Crippen LogP contribution in [-0.2, 0) is 0 Å². The number of nitrogens with zero attached hydrogens (tertiary/aromatic N) is 2. The first-order chi connectivity index (χ1) is 7.85. The highest BCUT2D eigenvalue weighted by atomic mass is 35.5. The molecule has 0 amide bonds. The van der Waals surface area contributed by atoms with Crippen LogP contribution in [0.3, 0.4) is 0 Å². The van der Waals surface area contributed by atoms with Gasteiger partial charge in [0.1, 0.15) is 11.6 Å². The Morgan fingerprint density at radius 2 is 2.18 bits per heavy atom. The van der Waals surface area contributed by atoms with Crippen LogP contribution in [0.5, 0.6) is 0 Å². The zero-order valence-electron chi connectivity index (χ0n) is 8.59. The third kappa shape index (κ3) is 3.90. The van der Waals surface area contributed by atoms with Crippen LogP contribution in [-0.4, -0.2) is 35.8 Å². The first-order valence-electron chi connectivity index (χ1n) is 4.60. The molecule has 0 aliphatic heterocycles. The molecule has 96 valence electrons. The molecule has 0 aliphatic rings. The summed E-state index contributed by atoms with van der Waals surface area (Å²) in [7, 11) is 0. The van der Waals surface area contributed by atoms with Gasteiger partial charge in [-0.1, -0.05) is 11.6 Å². The lowest BCUT2D eigenvalue weighted by molar-refractivity contribution is -0.119. The Bertz CT molecular complexity index is 434. The Morgan fingerprint density at radius 1 is 1.53 bits per heavy atom. The Hall–Kier alpha value is -1.28. The van der Waals surface area contributed by atoms with E-state index in [1.807, 2.05) is 0 Å². The Kier molecular flexibility index (Phi) is 4.35. The molecule has 0 fully saturated rings. The molecule has 0 spiro atoms. The molecule has 1 aromatic heterocycles. The Labute approximate surface area is 99.4 Å². The SMILES string of the molecule is NCCN(CC(F)(F)F)c1nc[nH]c(=O)c1Cl. The van der Waals surface area contributed by atoms with Gasteiger partial charge >= 0.3 is 6.18 Å². The van der Waals surface area contributed by atoms with E-state index in [-0.39, 0.29) is 23.9 Å². The van der Waals surface area contributed by atoms with E-state index >= 15 is 0 Å². The summed E-state index contributed by atoms with van der Waals surface area (Å²) in [4.78, 5) is 17.8. The summed E-state index contributed by atoms with van der Waals surface area (Å²) >= 11 is 5.60.